The monoisotopic (exact) mass is 370 g/mol. The van der Waals surface area contributed by atoms with Gasteiger partial charge in [0.2, 0.25) is 5.91 Å². The molecule has 27 heavy (non-hydrogen) atoms. The highest BCUT2D eigenvalue weighted by Gasteiger charge is 2.20. The van der Waals surface area contributed by atoms with Crippen LogP contribution < -0.4 is 10.6 Å². The first kappa shape index (κ1) is 20.2. The number of benzene rings is 2. The number of carbonyl (C=O) groups is 2. The molecule has 0 heterocycles. The standard InChI is InChI=1S/C19H22N4O4/c1-27-12-11-20-17(19(25)26)13-18(24)21-14-7-9-16(10-8-14)23-22-15-5-3-2-4-6-15/h2-10,17,20H,11-13H2,1H3,(H,21,24)(H,25,26). The van der Waals surface area contributed by atoms with Crippen molar-refractivity contribution in [3.8, 4) is 0 Å². The molecule has 142 valence electrons. The van der Waals surface area contributed by atoms with Gasteiger partial charge in [0, 0.05) is 19.3 Å². The Morgan fingerprint density at radius 3 is 2.26 bits per heavy atom. The van der Waals surface area contributed by atoms with Gasteiger partial charge in [0.1, 0.15) is 6.04 Å². The van der Waals surface area contributed by atoms with Crippen molar-refractivity contribution >= 4 is 28.9 Å². The van der Waals surface area contributed by atoms with Gasteiger partial charge in [-0.15, -0.1) is 0 Å². The van der Waals surface area contributed by atoms with Crippen LogP contribution in [0.2, 0.25) is 0 Å². The molecular weight excluding hydrogens is 348 g/mol. The van der Waals surface area contributed by atoms with Crippen LogP contribution in [0.4, 0.5) is 17.1 Å². The summed E-state index contributed by atoms with van der Waals surface area (Å²) in [5, 5.41) is 22.8. The molecule has 3 N–H and O–H groups in total. The number of carboxylic acids is 1. The smallest absolute Gasteiger partial charge is 0.321 e. The average molecular weight is 370 g/mol. The Bertz CT molecular complexity index is 763. The summed E-state index contributed by atoms with van der Waals surface area (Å²) in [6.45, 7) is 0.715. The summed E-state index contributed by atoms with van der Waals surface area (Å²) >= 11 is 0. The van der Waals surface area contributed by atoms with Crippen molar-refractivity contribution in [3.63, 3.8) is 0 Å². The van der Waals surface area contributed by atoms with E-state index in [-0.39, 0.29) is 6.42 Å². The van der Waals surface area contributed by atoms with Crippen LogP contribution in [0, 0.1) is 0 Å². The molecule has 0 bridgehead atoms. The number of methoxy groups -OCH3 is 1. The highest BCUT2D eigenvalue weighted by atomic mass is 16.5. The summed E-state index contributed by atoms with van der Waals surface area (Å²) in [4.78, 5) is 23.3. The first-order valence-electron chi connectivity index (χ1n) is 8.40. The normalized spacial score (nSPS) is 12.0. The van der Waals surface area contributed by atoms with Crippen molar-refractivity contribution in [1.29, 1.82) is 0 Å². The van der Waals surface area contributed by atoms with Crippen molar-refractivity contribution in [1.82, 2.24) is 5.32 Å². The van der Waals surface area contributed by atoms with Gasteiger partial charge in [0.15, 0.2) is 0 Å². The molecule has 0 saturated heterocycles. The van der Waals surface area contributed by atoms with Crippen LogP contribution in [-0.2, 0) is 14.3 Å². The summed E-state index contributed by atoms with van der Waals surface area (Å²) in [5.41, 5.74) is 1.94. The van der Waals surface area contributed by atoms with Crippen molar-refractivity contribution in [2.45, 2.75) is 12.5 Å². The fraction of sp³-hybridized carbons (Fsp3) is 0.263. The van der Waals surface area contributed by atoms with Gasteiger partial charge < -0.3 is 20.5 Å². The number of amides is 1. The fourth-order valence-electron chi connectivity index (χ4n) is 2.20. The van der Waals surface area contributed by atoms with Gasteiger partial charge in [-0.05, 0) is 36.4 Å². The molecule has 2 rings (SSSR count). The van der Waals surface area contributed by atoms with Gasteiger partial charge in [0.05, 0.1) is 24.4 Å². The predicted octanol–water partition coefficient (Wildman–Crippen LogP) is 3.12. The Labute approximate surface area is 157 Å². The van der Waals surface area contributed by atoms with Crippen LogP contribution >= 0.6 is 0 Å². The zero-order valence-electron chi connectivity index (χ0n) is 15.0. The molecular formula is C19H22N4O4. The number of nitrogens with one attached hydrogen (secondary N) is 2. The molecule has 0 saturated carbocycles. The van der Waals surface area contributed by atoms with Crippen molar-refractivity contribution < 1.29 is 19.4 Å². The van der Waals surface area contributed by atoms with Gasteiger partial charge in [-0.1, -0.05) is 18.2 Å². The maximum Gasteiger partial charge on any atom is 0.321 e. The Morgan fingerprint density at radius 2 is 1.67 bits per heavy atom. The van der Waals surface area contributed by atoms with Crippen molar-refractivity contribution in [2.24, 2.45) is 10.2 Å². The lowest BCUT2D eigenvalue weighted by Crippen LogP contribution is -2.41. The highest BCUT2D eigenvalue weighted by molar-refractivity contribution is 5.94. The Kier molecular flexibility index (Phi) is 8.08. The molecule has 2 aromatic rings. The maximum absolute atomic E-state index is 12.1. The molecule has 0 aliphatic rings. The number of ether oxygens (including phenoxy) is 1. The summed E-state index contributed by atoms with van der Waals surface area (Å²) in [5.74, 6) is -1.48. The molecule has 0 aliphatic heterocycles. The Morgan fingerprint density at radius 1 is 1.04 bits per heavy atom. The molecule has 0 fully saturated rings. The largest absolute Gasteiger partial charge is 0.480 e. The van der Waals surface area contributed by atoms with Crippen LogP contribution in [0.1, 0.15) is 6.42 Å². The van der Waals surface area contributed by atoms with Gasteiger partial charge in [-0.25, -0.2) is 0 Å². The third kappa shape index (κ3) is 7.35. The van der Waals surface area contributed by atoms with Gasteiger partial charge >= 0.3 is 5.97 Å². The maximum atomic E-state index is 12.1. The predicted molar refractivity (Wildman–Crippen MR) is 102 cm³/mol. The van der Waals surface area contributed by atoms with Crippen LogP contribution in [0.5, 0.6) is 0 Å². The molecule has 8 nitrogen and oxygen atoms in total. The average Bonchev–Trinajstić information content (AvgIpc) is 2.67. The number of azo groups is 1. The van der Waals surface area contributed by atoms with Crippen LogP contribution in [0.15, 0.2) is 64.8 Å². The first-order valence-corrected chi connectivity index (χ1v) is 8.40. The second kappa shape index (κ2) is 10.8. The quantitative estimate of drug-likeness (QED) is 0.439. The summed E-state index contributed by atoms with van der Waals surface area (Å²) in [7, 11) is 1.52. The molecule has 1 atom stereocenters. The number of anilines is 1. The molecule has 2 aromatic carbocycles. The molecule has 0 aliphatic carbocycles. The lowest BCUT2D eigenvalue weighted by Gasteiger charge is -2.14. The number of aliphatic carboxylic acids is 1. The molecule has 1 amide bonds. The van der Waals surface area contributed by atoms with E-state index >= 15 is 0 Å². The number of carboxylic acid groups (broad SMARTS) is 1. The van der Waals surface area contributed by atoms with Crippen molar-refractivity contribution in [2.75, 3.05) is 25.6 Å². The highest BCUT2D eigenvalue weighted by Crippen LogP contribution is 2.20. The molecule has 0 radical (unpaired) electrons. The van der Waals surface area contributed by atoms with E-state index in [1.165, 1.54) is 7.11 Å². The van der Waals surface area contributed by atoms with Crippen molar-refractivity contribution in [3.05, 3.63) is 54.6 Å². The number of hydrogen-bond donors (Lipinski definition) is 3. The number of hydrogen-bond acceptors (Lipinski definition) is 6. The van der Waals surface area contributed by atoms with E-state index in [1.54, 1.807) is 24.3 Å². The summed E-state index contributed by atoms with van der Waals surface area (Å²) in [6.07, 6.45) is -0.186. The zero-order valence-corrected chi connectivity index (χ0v) is 15.0. The zero-order chi connectivity index (χ0) is 19.5. The van der Waals surface area contributed by atoms with Gasteiger partial charge in [-0.3, -0.25) is 9.59 Å². The number of rotatable bonds is 10. The van der Waals surface area contributed by atoms with E-state index in [0.29, 0.717) is 24.5 Å². The van der Waals surface area contributed by atoms with E-state index in [4.69, 9.17) is 4.74 Å². The number of carbonyl (C=O) groups excluding carboxylic acids is 1. The molecule has 1 unspecified atom stereocenters. The lowest BCUT2D eigenvalue weighted by atomic mass is 10.2. The molecule has 0 aromatic heterocycles. The SMILES string of the molecule is COCCNC(CC(=O)Nc1ccc(N=Nc2ccccc2)cc1)C(=O)O. The molecule has 0 spiro atoms. The fourth-order valence-corrected chi connectivity index (χ4v) is 2.20. The van der Waals surface area contributed by atoms with Crippen LogP contribution in [-0.4, -0.2) is 43.3 Å². The minimum atomic E-state index is -1.09. The van der Waals surface area contributed by atoms with Gasteiger partial charge in [0.25, 0.3) is 0 Å². The third-order valence-corrected chi connectivity index (χ3v) is 3.57. The Hall–Kier alpha value is -3.10. The van der Waals surface area contributed by atoms with Crippen LogP contribution in [0.25, 0.3) is 0 Å². The summed E-state index contributed by atoms with van der Waals surface area (Å²) < 4.78 is 4.86. The minimum absolute atomic E-state index is 0.186. The molecule has 8 heteroatoms. The van der Waals surface area contributed by atoms with E-state index in [1.807, 2.05) is 30.3 Å². The summed E-state index contributed by atoms with van der Waals surface area (Å²) in [6, 6.07) is 15.2. The second-order valence-electron chi connectivity index (χ2n) is 5.67. The second-order valence-corrected chi connectivity index (χ2v) is 5.67. The van der Waals surface area contributed by atoms with Crippen LogP contribution in [0.3, 0.4) is 0 Å². The van der Waals surface area contributed by atoms with E-state index in [0.717, 1.165) is 5.69 Å². The van der Waals surface area contributed by atoms with E-state index in [2.05, 4.69) is 20.9 Å². The van der Waals surface area contributed by atoms with Gasteiger partial charge in [-0.2, -0.15) is 10.2 Å². The minimum Gasteiger partial charge on any atom is -0.480 e. The topological polar surface area (TPSA) is 112 Å². The number of nitrogens with zero attached hydrogens (tertiary/aromatic N) is 2. The lowest BCUT2D eigenvalue weighted by molar-refractivity contribution is -0.141. The third-order valence-electron chi connectivity index (χ3n) is 3.57. The Balaban J connectivity index is 1.88. The first-order chi connectivity index (χ1) is 13.1. The van der Waals surface area contributed by atoms with E-state index < -0.39 is 17.9 Å². The van der Waals surface area contributed by atoms with E-state index in [9.17, 15) is 14.7 Å².